The van der Waals surface area contributed by atoms with Gasteiger partial charge in [-0.25, -0.2) is 0 Å². The summed E-state index contributed by atoms with van der Waals surface area (Å²) in [6.07, 6.45) is 2.73. The topological polar surface area (TPSA) is 76.0 Å². The molecule has 25 heavy (non-hydrogen) atoms. The number of hydrogen-bond donors (Lipinski definition) is 2. The molecular formula is C20H26O5. The van der Waals surface area contributed by atoms with Crippen molar-refractivity contribution in [1.82, 2.24) is 0 Å². The summed E-state index contributed by atoms with van der Waals surface area (Å²) in [5.41, 5.74) is -1.10. The van der Waals surface area contributed by atoms with Gasteiger partial charge in [-0.1, -0.05) is 26.8 Å². The molecule has 4 heterocycles. The summed E-state index contributed by atoms with van der Waals surface area (Å²) in [7, 11) is 0. The van der Waals surface area contributed by atoms with Crippen molar-refractivity contribution >= 4 is 5.78 Å². The Labute approximate surface area is 147 Å². The molecule has 136 valence electrons. The van der Waals surface area contributed by atoms with E-state index in [2.05, 4.69) is 20.4 Å². The summed E-state index contributed by atoms with van der Waals surface area (Å²) in [5.74, 6) is -2.11. The van der Waals surface area contributed by atoms with E-state index in [1.165, 1.54) is 0 Å². The second-order valence-corrected chi connectivity index (χ2v) is 10.0. The molecule has 0 amide bonds. The normalized spacial score (nSPS) is 63.0. The highest BCUT2D eigenvalue weighted by atomic mass is 16.8. The summed E-state index contributed by atoms with van der Waals surface area (Å²) >= 11 is 0. The summed E-state index contributed by atoms with van der Waals surface area (Å²) in [5, 5.41) is 23.1. The van der Waals surface area contributed by atoms with Crippen LogP contribution in [0.2, 0.25) is 0 Å². The molecule has 0 radical (unpaired) electrons. The highest BCUT2D eigenvalue weighted by molar-refractivity contribution is 6.05. The Hall–Kier alpha value is -0.750. The van der Waals surface area contributed by atoms with E-state index in [4.69, 9.17) is 9.47 Å². The third-order valence-corrected chi connectivity index (χ3v) is 9.05. The Bertz CT molecular complexity index is 730. The van der Waals surface area contributed by atoms with Crippen molar-refractivity contribution in [2.24, 2.45) is 34.0 Å². The number of aliphatic hydroxyl groups is 2. The third kappa shape index (κ3) is 1.18. The number of rotatable bonds is 0. The van der Waals surface area contributed by atoms with Crippen molar-refractivity contribution < 1.29 is 24.5 Å². The molecule has 5 heteroatoms. The second kappa shape index (κ2) is 3.91. The lowest BCUT2D eigenvalue weighted by Crippen LogP contribution is -2.89. The van der Waals surface area contributed by atoms with Crippen molar-refractivity contribution in [3.63, 3.8) is 0 Å². The second-order valence-electron chi connectivity index (χ2n) is 10.0. The van der Waals surface area contributed by atoms with Gasteiger partial charge >= 0.3 is 0 Å². The van der Waals surface area contributed by atoms with E-state index in [1.54, 1.807) is 0 Å². The maximum Gasteiger partial charge on any atom is 0.211 e. The van der Waals surface area contributed by atoms with Crippen molar-refractivity contribution in [3.8, 4) is 0 Å². The minimum Gasteiger partial charge on any atom is -0.387 e. The van der Waals surface area contributed by atoms with Gasteiger partial charge in [0.05, 0.1) is 6.10 Å². The molecule has 0 aromatic heterocycles. The van der Waals surface area contributed by atoms with Crippen LogP contribution in [0.3, 0.4) is 0 Å². The van der Waals surface area contributed by atoms with E-state index < -0.39 is 23.6 Å². The first-order chi connectivity index (χ1) is 11.7. The predicted octanol–water partition coefficient (Wildman–Crippen LogP) is 1.77. The molecule has 4 saturated heterocycles. The van der Waals surface area contributed by atoms with E-state index in [1.807, 2.05) is 0 Å². The van der Waals surface area contributed by atoms with Crippen LogP contribution in [0, 0.1) is 34.0 Å². The smallest absolute Gasteiger partial charge is 0.211 e. The Balaban J connectivity index is 1.68. The van der Waals surface area contributed by atoms with E-state index in [-0.39, 0.29) is 40.5 Å². The van der Waals surface area contributed by atoms with Gasteiger partial charge in [0.15, 0.2) is 12.1 Å². The molecule has 2 N–H and O–H groups in total. The Morgan fingerprint density at radius 2 is 2.00 bits per heavy atom. The van der Waals surface area contributed by atoms with E-state index in [9.17, 15) is 15.0 Å². The minimum atomic E-state index is -1.85. The number of aliphatic hydroxyl groups excluding tert-OH is 1. The van der Waals surface area contributed by atoms with Gasteiger partial charge in [-0.15, -0.1) is 0 Å². The van der Waals surface area contributed by atoms with Gasteiger partial charge in [-0.3, -0.25) is 4.79 Å². The van der Waals surface area contributed by atoms with Crippen LogP contribution in [0.5, 0.6) is 0 Å². The fourth-order valence-electron chi connectivity index (χ4n) is 8.46. The lowest BCUT2D eigenvalue weighted by molar-refractivity contribution is -0.549. The van der Waals surface area contributed by atoms with Crippen LogP contribution >= 0.6 is 0 Å². The lowest BCUT2D eigenvalue weighted by atomic mass is 9.34. The van der Waals surface area contributed by atoms with Gasteiger partial charge in [0.1, 0.15) is 11.5 Å². The van der Waals surface area contributed by atoms with E-state index >= 15 is 0 Å². The van der Waals surface area contributed by atoms with Crippen molar-refractivity contribution in [1.29, 1.82) is 0 Å². The van der Waals surface area contributed by atoms with E-state index in [0.717, 1.165) is 32.1 Å². The largest absolute Gasteiger partial charge is 0.387 e. The van der Waals surface area contributed by atoms with Crippen LogP contribution < -0.4 is 0 Å². The summed E-state index contributed by atoms with van der Waals surface area (Å²) in [4.78, 5) is 13.4. The zero-order valence-corrected chi connectivity index (χ0v) is 14.8. The van der Waals surface area contributed by atoms with E-state index in [0.29, 0.717) is 5.57 Å². The number of hydrogen-bond acceptors (Lipinski definition) is 5. The van der Waals surface area contributed by atoms with Crippen LogP contribution in [0.15, 0.2) is 12.2 Å². The minimum absolute atomic E-state index is 0.0125. The molecule has 4 aliphatic carbocycles. The molecular weight excluding hydrogens is 320 g/mol. The average molecular weight is 346 g/mol. The molecule has 8 rings (SSSR count). The fraction of sp³-hybridized carbons (Fsp3) is 0.850. The van der Waals surface area contributed by atoms with Crippen molar-refractivity contribution in [2.75, 3.05) is 0 Å². The number of Topliss-reactive ketones (excluding diaryl/α,β-unsaturated/α-hetero) is 1. The van der Waals surface area contributed by atoms with Crippen LogP contribution in [0.1, 0.15) is 46.0 Å². The number of carbonyl (C=O) groups excluding carboxylic acids is 1. The van der Waals surface area contributed by atoms with Gasteiger partial charge in [0, 0.05) is 17.3 Å². The quantitative estimate of drug-likeness (QED) is 0.654. The van der Waals surface area contributed by atoms with Gasteiger partial charge in [0.2, 0.25) is 5.79 Å². The molecule has 8 fully saturated rings. The summed E-state index contributed by atoms with van der Waals surface area (Å²) in [6.45, 7) is 8.39. The average Bonchev–Trinajstić information content (AvgIpc) is 2.68. The fourth-order valence-corrected chi connectivity index (χ4v) is 8.46. The first kappa shape index (κ1) is 15.3. The highest BCUT2D eigenvalue weighted by Crippen LogP contribution is 2.81. The van der Waals surface area contributed by atoms with Crippen molar-refractivity contribution in [2.45, 2.75) is 70.2 Å². The third-order valence-electron chi connectivity index (χ3n) is 9.05. The van der Waals surface area contributed by atoms with Crippen LogP contribution in [-0.4, -0.2) is 40.3 Å². The predicted molar refractivity (Wildman–Crippen MR) is 87.1 cm³/mol. The van der Waals surface area contributed by atoms with Crippen molar-refractivity contribution in [3.05, 3.63) is 12.2 Å². The molecule has 0 aromatic rings. The van der Waals surface area contributed by atoms with Crippen LogP contribution in [0.25, 0.3) is 0 Å². The molecule has 9 atom stereocenters. The number of ketones is 1. The molecule has 2 spiro atoms. The molecule has 8 aliphatic rings. The Morgan fingerprint density at radius 3 is 2.76 bits per heavy atom. The van der Waals surface area contributed by atoms with Crippen LogP contribution in [-0.2, 0) is 14.3 Å². The van der Waals surface area contributed by atoms with Gasteiger partial charge in [0.25, 0.3) is 0 Å². The maximum absolute atomic E-state index is 13.4. The molecule has 1 unspecified atom stereocenters. The first-order valence-corrected chi connectivity index (χ1v) is 9.70. The standard InChI is InChI=1S/C20H26O5/c1-9-10-5-6-11-18-8-4-7-17(2,3)12(18)14(22)20(23)19(11,13(9)21)15(10)24-16(18)25-20/h10-12,14-16,22-23H,1,4-8H2,2-3H3/t10-,11+,12-,14+,15+,16?,18-,19+,20-/m1/s1. The summed E-state index contributed by atoms with van der Waals surface area (Å²) < 4.78 is 12.4. The Kier molecular flexibility index (Phi) is 2.40. The first-order valence-electron chi connectivity index (χ1n) is 9.70. The SMILES string of the molecule is C=C1C(=O)[C@@]23[C@H]4OC5O[C@]2(O)[C@@H](O)[C@@H]2C(C)(C)CCC[C@]52[C@@H]3CC[C@H]14. The monoisotopic (exact) mass is 346 g/mol. The molecule has 0 aromatic carbocycles. The maximum atomic E-state index is 13.4. The zero-order chi connectivity index (χ0) is 17.6. The lowest BCUT2D eigenvalue weighted by Gasteiger charge is -2.79. The molecule has 7 bridgehead atoms. The number of carbonyl (C=O) groups is 1. The van der Waals surface area contributed by atoms with Gasteiger partial charge in [-0.2, -0.15) is 0 Å². The highest BCUT2D eigenvalue weighted by Gasteiger charge is 2.91. The van der Waals surface area contributed by atoms with Gasteiger partial charge < -0.3 is 19.7 Å². The molecule has 4 saturated carbocycles. The number of ether oxygens (including phenoxy) is 2. The van der Waals surface area contributed by atoms with Gasteiger partial charge in [-0.05, 0) is 42.6 Å². The molecule has 5 nitrogen and oxygen atoms in total. The Morgan fingerprint density at radius 1 is 1.24 bits per heavy atom. The molecule has 4 aliphatic heterocycles. The van der Waals surface area contributed by atoms with Crippen LogP contribution in [0.4, 0.5) is 0 Å². The summed E-state index contributed by atoms with van der Waals surface area (Å²) in [6, 6.07) is 0. The zero-order valence-electron chi connectivity index (χ0n) is 14.8.